The van der Waals surface area contributed by atoms with Gasteiger partial charge in [-0.3, -0.25) is 13.8 Å². The Bertz CT molecular complexity index is 885. The Morgan fingerprint density at radius 1 is 0.674 bits per heavy atom. The lowest BCUT2D eigenvalue weighted by Crippen LogP contribution is -2.28. The number of hydrogen-bond donors (Lipinski definition) is 2. The molecule has 0 saturated carbocycles. The van der Waals surface area contributed by atoms with E-state index in [-0.39, 0.29) is 38.8 Å². The van der Waals surface area contributed by atoms with E-state index in [4.69, 9.17) is 24.3 Å². The van der Waals surface area contributed by atoms with E-state index in [2.05, 4.69) is 74.6 Å². The molecule has 0 aliphatic heterocycles. The molecular weight excluding hydrogens is 601 g/mol. The van der Waals surface area contributed by atoms with Crippen molar-refractivity contribution < 1.29 is 32.8 Å². The average molecular weight is 668 g/mol. The van der Waals surface area contributed by atoms with E-state index in [0.717, 1.165) is 83.5 Å². The van der Waals surface area contributed by atoms with Gasteiger partial charge < -0.3 is 20.1 Å². The summed E-state index contributed by atoms with van der Waals surface area (Å²) >= 11 is 0. The fourth-order valence-electron chi connectivity index (χ4n) is 4.34. The Labute approximate surface area is 281 Å². The van der Waals surface area contributed by atoms with Gasteiger partial charge in [-0.2, -0.15) is 0 Å². The minimum Gasteiger partial charge on any atom is -0.457 e. The van der Waals surface area contributed by atoms with E-state index in [0.29, 0.717) is 6.61 Å². The molecule has 0 spiro atoms. The summed E-state index contributed by atoms with van der Waals surface area (Å²) < 4.78 is 33.2. The van der Waals surface area contributed by atoms with E-state index in [1.807, 2.05) is 0 Å². The van der Waals surface area contributed by atoms with Gasteiger partial charge in [0.25, 0.3) is 0 Å². The smallest absolute Gasteiger partial charge is 0.457 e. The first kappa shape index (κ1) is 44.2. The Morgan fingerprint density at radius 2 is 1.22 bits per heavy atom. The van der Waals surface area contributed by atoms with Gasteiger partial charge in [-0.15, -0.1) is 0 Å². The molecule has 0 heterocycles. The van der Waals surface area contributed by atoms with Crippen LogP contribution in [0.15, 0.2) is 60.8 Å². The first-order valence-corrected chi connectivity index (χ1v) is 19.3. The van der Waals surface area contributed by atoms with Crippen molar-refractivity contribution in [2.45, 2.75) is 136 Å². The maximum atomic E-state index is 12.5. The van der Waals surface area contributed by atoms with E-state index < -0.39 is 13.9 Å². The lowest BCUT2D eigenvalue weighted by atomic mass is 10.1. The zero-order valence-electron chi connectivity index (χ0n) is 29.0. The number of rotatable bonds is 33. The second-order valence-corrected chi connectivity index (χ2v) is 12.8. The maximum absolute atomic E-state index is 12.5. The number of ether oxygens (including phenoxy) is 2. The highest BCUT2D eigenvalue weighted by molar-refractivity contribution is 7.47. The third-order valence-corrected chi connectivity index (χ3v) is 7.88. The van der Waals surface area contributed by atoms with Crippen LogP contribution in [0.1, 0.15) is 129 Å². The SMILES string of the molecule is CC/C=C\C/C=C\C/C=C\CCCCCC(=O)OC(COCCCCCCCC/C=C\C/C=C\CCC)COP(=O)(O)OCCN. The lowest BCUT2D eigenvalue weighted by molar-refractivity contribution is -0.154. The van der Waals surface area contributed by atoms with Gasteiger partial charge in [0.15, 0.2) is 0 Å². The van der Waals surface area contributed by atoms with Crippen molar-refractivity contribution in [2.75, 3.05) is 33.0 Å². The molecule has 2 atom stereocenters. The fourth-order valence-corrected chi connectivity index (χ4v) is 5.11. The van der Waals surface area contributed by atoms with Gasteiger partial charge in [0.05, 0.1) is 19.8 Å². The second kappa shape index (κ2) is 34.5. The molecule has 9 heteroatoms. The van der Waals surface area contributed by atoms with Crippen LogP contribution in [-0.4, -0.2) is 49.9 Å². The molecule has 0 aromatic rings. The number of nitrogens with two attached hydrogens (primary N) is 1. The molecule has 266 valence electrons. The predicted molar refractivity (Wildman–Crippen MR) is 192 cm³/mol. The van der Waals surface area contributed by atoms with Gasteiger partial charge in [-0.25, -0.2) is 4.57 Å². The van der Waals surface area contributed by atoms with Gasteiger partial charge in [-0.1, -0.05) is 113 Å². The van der Waals surface area contributed by atoms with Crippen molar-refractivity contribution in [1.29, 1.82) is 0 Å². The lowest BCUT2D eigenvalue weighted by Gasteiger charge is -2.20. The van der Waals surface area contributed by atoms with Crippen LogP contribution in [-0.2, 0) is 27.9 Å². The van der Waals surface area contributed by atoms with Crippen LogP contribution < -0.4 is 5.73 Å². The summed E-state index contributed by atoms with van der Waals surface area (Å²) in [5, 5.41) is 0. The Hall–Kier alpha value is -1.80. The van der Waals surface area contributed by atoms with Crippen LogP contribution in [0.3, 0.4) is 0 Å². The van der Waals surface area contributed by atoms with Gasteiger partial charge in [0.2, 0.25) is 0 Å². The highest BCUT2D eigenvalue weighted by Gasteiger charge is 2.25. The number of phosphoric acid groups is 1. The van der Waals surface area contributed by atoms with Crippen molar-refractivity contribution in [3.8, 4) is 0 Å². The van der Waals surface area contributed by atoms with E-state index >= 15 is 0 Å². The maximum Gasteiger partial charge on any atom is 0.472 e. The molecule has 0 saturated heterocycles. The van der Waals surface area contributed by atoms with Gasteiger partial charge in [0.1, 0.15) is 6.10 Å². The third-order valence-electron chi connectivity index (χ3n) is 6.90. The molecule has 0 aliphatic carbocycles. The van der Waals surface area contributed by atoms with Crippen molar-refractivity contribution >= 4 is 13.8 Å². The molecule has 0 aliphatic rings. The standard InChI is InChI=1S/C37H66NO7P/c1-3-5-7-9-11-13-15-17-19-21-23-25-27-29-32-42-34-36(35-44-46(40,41)43-33-31-38)45-37(39)30-28-26-24-22-20-18-16-14-12-10-8-6-4-2/h6-9,12-15,18,20,36H,3-5,10-11,16-17,19,21-35,38H2,1-2H3,(H,40,41)/b8-6-,9-7-,14-12-,15-13-,20-18-. The van der Waals surface area contributed by atoms with Crippen molar-refractivity contribution in [3.63, 3.8) is 0 Å². The fraction of sp³-hybridized carbons (Fsp3) is 0.703. The molecule has 8 nitrogen and oxygen atoms in total. The number of hydrogen-bond acceptors (Lipinski definition) is 7. The summed E-state index contributed by atoms with van der Waals surface area (Å²) in [6.07, 6.45) is 39.5. The number of allylic oxidation sites excluding steroid dienone is 10. The van der Waals surface area contributed by atoms with Crippen molar-refractivity contribution in [2.24, 2.45) is 5.73 Å². The highest BCUT2D eigenvalue weighted by Crippen LogP contribution is 2.43. The van der Waals surface area contributed by atoms with E-state index in [9.17, 15) is 14.3 Å². The third kappa shape index (κ3) is 33.6. The first-order valence-electron chi connectivity index (χ1n) is 17.8. The van der Waals surface area contributed by atoms with Gasteiger partial charge >= 0.3 is 13.8 Å². The monoisotopic (exact) mass is 667 g/mol. The summed E-state index contributed by atoms with van der Waals surface area (Å²) in [6.45, 7) is 4.64. The molecule has 0 aromatic heterocycles. The first-order chi connectivity index (χ1) is 22.4. The number of phosphoric ester groups is 1. The summed E-state index contributed by atoms with van der Waals surface area (Å²) in [5.41, 5.74) is 5.34. The quantitative estimate of drug-likeness (QED) is 0.0307. The number of esters is 1. The molecule has 3 N–H and O–H groups in total. The summed E-state index contributed by atoms with van der Waals surface area (Å²) in [6, 6.07) is 0. The zero-order valence-corrected chi connectivity index (χ0v) is 29.9. The summed E-state index contributed by atoms with van der Waals surface area (Å²) in [7, 11) is -4.28. The normalized spacial score (nSPS) is 14.4. The topological polar surface area (TPSA) is 117 Å². The van der Waals surface area contributed by atoms with E-state index in [1.54, 1.807) is 0 Å². The summed E-state index contributed by atoms with van der Waals surface area (Å²) in [4.78, 5) is 22.3. The molecule has 46 heavy (non-hydrogen) atoms. The second-order valence-electron chi connectivity index (χ2n) is 11.3. The molecule has 0 fully saturated rings. The van der Waals surface area contributed by atoms with Crippen LogP contribution in [0.4, 0.5) is 0 Å². The van der Waals surface area contributed by atoms with Gasteiger partial charge in [0, 0.05) is 19.6 Å². The molecular formula is C37H66NO7P. The van der Waals surface area contributed by atoms with E-state index in [1.165, 1.54) is 25.7 Å². The summed E-state index contributed by atoms with van der Waals surface area (Å²) in [5.74, 6) is -0.367. The van der Waals surface area contributed by atoms with Crippen molar-refractivity contribution in [1.82, 2.24) is 0 Å². The molecule has 0 radical (unpaired) electrons. The van der Waals surface area contributed by atoms with Crippen LogP contribution in [0.5, 0.6) is 0 Å². The highest BCUT2D eigenvalue weighted by atomic mass is 31.2. The Morgan fingerprint density at radius 3 is 1.83 bits per heavy atom. The Kier molecular flexibility index (Phi) is 33.2. The van der Waals surface area contributed by atoms with Crippen LogP contribution in [0.2, 0.25) is 0 Å². The number of unbranched alkanes of at least 4 members (excludes halogenated alkanes) is 10. The molecule has 0 bridgehead atoms. The molecule has 0 rings (SSSR count). The number of carbonyl (C=O) groups excluding carboxylic acids is 1. The van der Waals surface area contributed by atoms with Crippen LogP contribution in [0, 0.1) is 0 Å². The average Bonchev–Trinajstić information content (AvgIpc) is 3.04. The van der Waals surface area contributed by atoms with Crippen LogP contribution >= 0.6 is 7.82 Å². The minimum atomic E-state index is -4.28. The largest absolute Gasteiger partial charge is 0.472 e. The zero-order chi connectivity index (χ0) is 33.8. The Balaban J connectivity index is 4.20. The van der Waals surface area contributed by atoms with Gasteiger partial charge in [-0.05, 0) is 70.6 Å². The van der Waals surface area contributed by atoms with Crippen molar-refractivity contribution in [3.05, 3.63) is 60.8 Å². The van der Waals surface area contributed by atoms with Crippen LogP contribution in [0.25, 0.3) is 0 Å². The predicted octanol–water partition coefficient (Wildman–Crippen LogP) is 9.85. The number of carbonyl (C=O) groups is 1. The molecule has 2 unspecified atom stereocenters. The molecule has 0 amide bonds. The minimum absolute atomic E-state index is 0.0905. The molecule has 0 aromatic carbocycles.